The van der Waals surface area contributed by atoms with Gasteiger partial charge in [0.1, 0.15) is 12.3 Å². The SMILES string of the molecule is C[C@H](NC(=O)CC(=O)Nc1ccc(C(=N)N)cc1)c1cccc(-c2ccc(NS(C)(=O)=O)cc2)c1. The number of amides is 2. The first-order valence-corrected chi connectivity index (χ1v) is 12.6. The Morgan fingerprint density at radius 3 is 2.14 bits per heavy atom. The summed E-state index contributed by atoms with van der Waals surface area (Å²) in [5, 5.41) is 12.9. The molecule has 10 heteroatoms. The predicted molar refractivity (Wildman–Crippen MR) is 138 cm³/mol. The van der Waals surface area contributed by atoms with Gasteiger partial charge in [0.05, 0.1) is 12.3 Å². The Morgan fingerprint density at radius 2 is 1.54 bits per heavy atom. The summed E-state index contributed by atoms with van der Waals surface area (Å²) in [6.45, 7) is 1.83. The van der Waals surface area contributed by atoms with E-state index in [4.69, 9.17) is 11.1 Å². The van der Waals surface area contributed by atoms with Gasteiger partial charge in [-0.1, -0.05) is 30.3 Å². The van der Waals surface area contributed by atoms with Crippen molar-refractivity contribution in [3.05, 3.63) is 83.9 Å². The standard InChI is InChI=1S/C25H27N5O4S/c1-16(28-23(31)15-24(32)29-21-10-8-18(9-11-21)25(26)27)19-4-3-5-20(14-19)17-6-12-22(13-7-17)30-35(2,33)34/h3-14,16,30H,15H2,1-2H3,(H3,26,27)(H,28,31)(H,29,32)/t16-/m0/s1. The summed E-state index contributed by atoms with van der Waals surface area (Å²) in [5.41, 5.74) is 9.58. The molecule has 0 aromatic heterocycles. The van der Waals surface area contributed by atoms with Crippen LogP contribution >= 0.6 is 0 Å². The van der Waals surface area contributed by atoms with Crippen molar-refractivity contribution in [2.75, 3.05) is 16.3 Å². The average molecular weight is 494 g/mol. The second-order valence-corrected chi connectivity index (χ2v) is 9.83. The lowest BCUT2D eigenvalue weighted by molar-refractivity contribution is -0.127. The highest BCUT2D eigenvalue weighted by Crippen LogP contribution is 2.25. The van der Waals surface area contributed by atoms with Gasteiger partial charge in [-0.15, -0.1) is 0 Å². The first kappa shape index (κ1) is 25.4. The maximum atomic E-state index is 12.4. The topological polar surface area (TPSA) is 154 Å². The summed E-state index contributed by atoms with van der Waals surface area (Å²) in [6, 6.07) is 20.7. The molecule has 0 bridgehead atoms. The molecule has 0 aliphatic rings. The molecule has 1 atom stereocenters. The van der Waals surface area contributed by atoms with Gasteiger partial charge in [-0.3, -0.25) is 19.7 Å². The van der Waals surface area contributed by atoms with E-state index in [0.29, 0.717) is 16.9 Å². The van der Waals surface area contributed by atoms with Crippen LogP contribution in [0.3, 0.4) is 0 Å². The minimum absolute atomic E-state index is 0.0683. The molecule has 0 aliphatic heterocycles. The van der Waals surface area contributed by atoms with Crippen LogP contribution in [0.5, 0.6) is 0 Å². The summed E-state index contributed by atoms with van der Waals surface area (Å²) in [4.78, 5) is 24.6. The second kappa shape index (κ2) is 10.8. The van der Waals surface area contributed by atoms with Crippen LogP contribution in [0.2, 0.25) is 0 Å². The van der Waals surface area contributed by atoms with E-state index in [1.807, 2.05) is 43.3 Å². The molecule has 2 amide bonds. The van der Waals surface area contributed by atoms with Crippen LogP contribution < -0.4 is 21.1 Å². The van der Waals surface area contributed by atoms with Crippen molar-refractivity contribution in [2.24, 2.45) is 5.73 Å². The van der Waals surface area contributed by atoms with Crippen LogP contribution in [0.4, 0.5) is 11.4 Å². The number of nitrogens with one attached hydrogen (secondary N) is 4. The van der Waals surface area contributed by atoms with Gasteiger partial charge in [0.25, 0.3) is 0 Å². The summed E-state index contributed by atoms with van der Waals surface area (Å²) in [5.74, 6) is -0.944. The third-order valence-corrected chi connectivity index (χ3v) is 5.69. The summed E-state index contributed by atoms with van der Waals surface area (Å²) in [7, 11) is -3.35. The van der Waals surface area contributed by atoms with E-state index in [-0.39, 0.29) is 18.3 Å². The molecule has 0 aliphatic carbocycles. The fourth-order valence-corrected chi connectivity index (χ4v) is 3.96. The van der Waals surface area contributed by atoms with Crippen LogP contribution in [-0.2, 0) is 19.6 Å². The van der Waals surface area contributed by atoms with Crippen LogP contribution in [0.25, 0.3) is 11.1 Å². The number of carbonyl (C=O) groups is 2. The van der Waals surface area contributed by atoms with E-state index in [1.54, 1.807) is 36.4 Å². The molecule has 0 heterocycles. The van der Waals surface area contributed by atoms with Crippen LogP contribution in [0.1, 0.15) is 30.5 Å². The quantitative estimate of drug-likeness (QED) is 0.176. The third kappa shape index (κ3) is 7.68. The summed E-state index contributed by atoms with van der Waals surface area (Å²) < 4.78 is 25.2. The number of hydrogen-bond donors (Lipinski definition) is 5. The van der Waals surface area contributed by atoms with Gasteiger partial charge in [-0.05, 0) is 66.1 Å². The van der Waals surface area contributed by atoms with Gasteiger partial charge < -0.3 is 16.4 Å². The van der Waals surface area contributed by atoms with Crippen molar-refractivity contribution in [1.29, 1.82) is 5.41 Å². The Labute approximate surface area is 204 Å². The van der Waals surface area contributed by atoms with Crippen molar-refractivity contribution in [3.8, 4) is 11.1 Å². The maximum absolute atomic E-state index is 12.4. The van der Waals surface area contributed by atoms with Gasteiger partial charge in [-0.2, -0.15) is 0 Å². The highest BCUT2D eigenvalue weighted by atomic mass is 32.2. The molecule has 9 nitrogen and oxygen atoms in total. The maximum Gasteiger partial charge on any atom is 0.233 e. The fourth-order valence-electron chi connectivity index (χ4n) is 3.39. The van der Waals surface area contributed by atoms with E-state index in [1.165, 1.54) is 0 Å². The number of nitrogen functional groups attached to an aromatic ring is 1. The second-order valence-electron chi connectivity index (χ2n) is 8.08. The van der Waals surface area contributed by atoms with Crippen LogP contribution in [0, 0.1) is 5.41 Å². The predicted octanol–water partition coefficient (Wildman–Crippen LogP) is 3.22. The van der Waals surface area contributed by atoms with E-state index >= 15 is 0 Å². The molecule has 0 saturated heterocycles. The van der Waals surface area contributed by atoms with Gasteiger partial charge >= 0.3 is 0 Å². The van der Waals surface area contributed by atoms with Gasteiger partial charge in [-0.25, -0.2) is 8.42 Å². The van der Waals surface area contributed by atoms with E-state index in [2.05, 4.69) is 15.4 Å². The highest BCUT2D eigenvalue weighted by molar-refractivity contribution is 7.92. The molecule has 0 fully saturated rings. The van der Waals surface area contributed by atoms with Crippen molar-refractivity contribution in [1.82, 2.24) is 5.32 Å². The molecular formula is C25H27N5O4S. The lowest BCUT2D eigenvalue weighted by Gasteiger charge is -2.16. The van der Waals surface area contributed by atoms with Crippen molar-refractivity contribution in [3.63, 3.8) is 0 Å². The monoisotopic (exact) mass is 493 g/mol. The highest BCUT2D eigenvalue weighted by Gasteiger charge is 2.14. The van der Waals surface area contributed by atoms with Crippen molar-refractivity contribution < 1.29 is 18.0 Å². The summed E-state index contributed by atoms with van der Waals surface area (Å²) in [6.07, 6.45) is 0.754. The molecular weight excluding hydrogens is 466 g/mol. The molecule has 0 radical (unpaired) electrons. The number of hydrogen-bond acceptors (Lipinski definition) is 5. The van der Waals surface area contributed by atoms with Gasteiger partial charge in [0, 0.05) is 16.9 Å². The van der Waals surface area contributed by atoms with E-state index in [0.717, 1.165) is 22.9 Å². The first-order valence-electron chi connectivity index (χ1n) is 10.7. The Kier molecular flexibility index (Phi) is 7.87. The smallest absolute Gasteiger partial charge is 0.233 e. The number of benzene rings is 3. The van der Waals surface area contributed by atoms with Gasteiger partial charge in [0.15, 0.2) is 0 Å². The Balaban J connectivity index is 1.59. The minimum atomic E-state index is -3.35. The van der Waals surface area contributed by atoms with Crippen molar-refractivity contribution in [2.45, 2.75) is 19.4 Å². The molecule has 6 N–H and O–H groups in total. The van der Waals surface area contributed by atoms with Crippen LogP contribution in [0.15, 0.2) is 72.8 Å². The molecule has 0 saturated carbocycles. The molecule has 0 spiro atoms. The number of carbonyl (C=O) groups excluding carboxylic acids is 2. The largest absolute Gasteiger partial charge is 0.384 e. The third-order valence-electron chi connectivity index (χ3n) is 5.09. The van der Waals surface area contributed by atoms with Gasteiger partial charge in [0.2, 0.25) is 21.8 Å². The zero-order valence-electron chi connectivity index (χ0n) is 19.3. The molecule has 182 valence electrons. The molecule has 0 unspecified atom stereocenters. The lowest BCUT2D eigenvalue weighted by Crippen LogP contribution is -2.30. The van der Waals surface area contributed by atoms with Crippen molar-refractivity contribution >= 4 is 39.0 Å². The zero-order chi connectivity index (χ0) is 25.6. The molecule has 3 aromatic rings. The summed E-state index contributed by atoms with van der Waals surface area (Å²) >= 11 is 0. The lowest BCUT2D eigenvalue weighted by atomic mass is 10.00. The number of rotatable bonds is 9. The minimum Gasteiger partial charge on any atom is -0.384 e. The molecule has 35 heavy (non-hydrogen) atoms. The van der Waals surface area contributed by atoms with E-state index < -0.39 is 21.8 Å². The zero-order valence-corrected chi connectivity index (χ0v) is 20.1. The molecule has 3 rings (SSSR count). The van der Waals surface area contributed by atoms with E-state index in [9.17, 15) is 18.0 Å². The average Bonchev–Trinajstić information content (AvgIpc) is 2.78. The van der Waals surface area contributed by atoms with Crippen LogP contribution in [-0.4, -0.2) is 32.3 Å². The number of anilines is 2. The molecule has 3 aromatic carbocycles. The fraction of sp³-hybridized carbons (Fsp3) is 0.160. The number of amidine groups is 1. The number of sulfonamides is 1. The first-order chi connectivity index (χ1) is 16.5. The normalized spacial score (nSPS) is 11.8. The Bertz CT molecular complexity index is 1340. The number of nitrogens with two attached hydrogens (primary N) is 1. The Morgan fingerprint density at radius 1 is 0.914 bits per heavy atom. The Hall–Kier alpha value is -4.18.